The Balaban J connectivity index is 1.45. The summed E-state index contributed by atoms with van der Waals surface area (Å²) >= 11 is 0. The molecule has 0 radical (unpaired) electrons. The first-order valence-corrected chi connectivity index (χ1v) is 12.9. The summed E-state index contributed by atoms with van der Waals surface area (Å²) in [5, 5.41) is 15.3. The number of carbonyl (C=O) groups is 1. The van der Waals surface area contributed by atoms with Gasteiger partial charge in [-0.25, -0.2) is 9.97 Å². The van der Waals surface area contributed by atoms with E-state index in [-0.39, 0.29) is 35.0 Å². The van der Waals surface area contributed by atoms with E-state index >= 15 is 0 Å². The van der Waals surface area contributed by atoms with Crippen LogP contribution in [0.2, 0.25) is 0 Å². The van der Waals surface area contributed by atoms with Crippen LogP contribution in [0.15, 0.2) is 60.9 Å². The van der Waals surface area contributed by atoms with Gasteiger partial charge in [0.05, 0.1) is 30.0 Å². The number of carbonyl (C=O) groups excluding carboxylic acids is 1. The van der Waals surface area contributed by atoms with Crippen LogP contribution in [0.4, 0.5) is 11.6 Å². The van der Waals surface area contributed by atoms with Crippen LogP contribution >= 0.6 is 0 Å². The molecule has 1 aliphatic rings. The number of ether oxygens (including phenoxy) is 2. The summed E-state index contributed by atoms with van der Waals surface area (Å²) in [5.74, 6) is 2.18. The second-order valence-corrected chi connectivity index (χ2v) is 10.2. The van der Waals surface area contributed by atoms with E-state index < -0.39 is 0 Å². The van der Waals surface area contributed by atoms with E-state index in [0.29, 0.717) is 42.3 Å². The molecule has 1 amide bonds. The quantitative estimate of drug-likeness (QED) is 0.285. The Bertz CT molecular complexity index is 1250. The molecule has 1 saturated heterocycles. The molecule has 0 aliphatic carbocycles. The van der Waals surface area contributed by atoms with Crippen LogP contribution in [-0.2, 0) is 9.53 Å². The number of hydrogen-bond acceptors (Lipinski definition) is 8. The third-order valence-corrected chi connectivity index (χ3v) is 6.76. The normalized spacial score (nSPS) is 18.4. The zero-order chi connectivity index (χ0) is 27.1. The number of amides is 1. The van der Waals surface area contributed by atoms with Gasteiger partial charge in [0, 0.05) is 18.5 Å². The lowest BCUT2D eigenvalue weighted by Crippen LogP contribution is -2.50. The molecule has 2 unspecified atom stereocenters. The highest BCUT2D eigenvalue weighted by Gasteiger charge is 2.38. The zero-order valence-corrected chi connectivity index (χ0v) is 22.2. The second-order valence-electron chi connectivity index (χ2n) is 10.2. The Morgan fingerprint density at radius 1 is 1.13 bits per heavy atom. The number of nitrogen functional groups attached to an aromatic ring is 1. The van der Waals surface area contributed by atoms with Crippen molar-refractivity contribution in [1.29, 1.82) is 5.41 Å². The molecule has 1 fully saturated rings. The molecule has 200 valence electrons. The molecule has 5 N–H and O–H groups in total. The highest BCUT2D eigenvalue weighted by molar-refractivity contribution is 6.16. The van der Waals surface area contributed by atoms with Crippen LogP contribution in [0.5, 0.6) is 11.5 Å². The fourth-order valence-electron chi connectivity index (χ4n) is 4.54. The molecule has 3 aromatic rings. The summed E-state index contributed by atoms with van der Waals surface area (Å²) < 4.78 is 12.0. The number of anilines is 2. The number of nitrogens with two attached hydrogens (primary N) is 1. The Kier molecular flexibility index (Phi) is 8.58. The fourth-order valence-corrected chi connectivity index (χ4v) is 4.54. The van der Waals surface area contributed by atoms with Crippen LogP contribution in [-0.4, -0.2) is 46.9 Å². The van der Waals surface area contributed by atoms with Gasteiger partial charge >= 0.3 is 0 Å². The van der Waals surface area contributed by atoms with E-state index in [2.05, 4.69) is 34.4 Å². The van der Waals surface area contributed by atoms with Gasteiger partial charge in [0.1, 0.15) is 29.5 Å². The second kappa shape index (κ2) is 12.0. The third kappa shape index (κ3) is 6.66. The zero-order valence-electron chi connectivity index (χ0n) is 22.2. The third-order valence-electron chi connectivity index (χ3n) is 6.76. The largest absolute Gasteiger partial charge is 0.457 e. The number of nitrogens with one attached hydrogen (secondary N) is 3. The summed E-state index contributed by atoms with van der Waals surface area (Å²) in [5.41, 5.74) is 7.41. The van der Waals surface area contributed by atoms with Crippen molar-refractivity contribution >= 4 is 23.3 Å². The minimum atomic E-state index is -0.159. The first-order valence-electron chi connectivity index (χ1n) is 12.9. The van der Waals surface area contributed by atoms with Gasteiger partial charge in [0.25, 0.3) is 0 Å². The molecule has 4 rings (SSSR count). The van der Waals surface area contributed by atoms with Gasteiger partial charge in [-0.1, -0.05) is 39.0 Å². The van der Waals surface area contributed by atoms with Gasteiger partial charge in [-0.15, -0.1) is 0 Å². The molecule has 2 aromatic carbocycles. The van der Waals surface area contributed by atoms with E-state index in [4.69, 9.17) is 20.6 Å². The van der Waals surface area contributed by atoms with Gasteiger partial charge in [0.15, 0.2) is 0 Å². The minimum absolute atomic E-state index is 0.0495. The fraction of sp³-hybridized carbons (Fsp3) is 0.379. The molecular weight excluding hydrogens is 480 g/mol. The van der Waals surface area contributed by atoms with Crippen molar-refractivity contribution < 1.29 is 14.3 Å². The summed E-state index contributed by atoms with van der Waals surface area (Å²) in [6.45, 7) is 7.24. The molecule has 9 heteroatoms. The van der Waals surface area contributed by atoms with Crippen LogP contribution in [0.1, 0.15) is 51.2 Å². The Labute approximate surface area is 223 Å². The minimum Gasteiger partial charge on any atom is -0.457 e. The molecule has 2 atom stereocenters. The molecule has 1 aliphatic heterocycles. The standard InChI is InChI=1S/C29H36N6O3/c1-4-8-24(36)32-16-22-15-29(2,3)23(17-37-22)35-28-25(27(31)33-18-34-28)26(30)19-11-13-21(14-12-19)38-20-9-6-5-7-10-20/h5-7,9-14,18,22-23,30H,4,8,15-17H2,1-3H3,(H,32,36)(H3,31,33,34,35). The molecule has 0 bridgehead atoms. The summed E-state index contributed by atoms with van der Waals surface area (Å²) in [7, 11) is 0. The summed E-state index contributed by atoms with van der Waals surface area (Å²) in [6.07, 6.45) is 3.43. The molecule has 0 saturated carbocycles. The van der Waals surface area contributed by atoms with Gasteiger partial charge in [-0.2, -0.15) is 0 Å². The van der Waals surface area contributed by atoms with E-state index in [1.807, 2.05) is 61.5 Å². The Hall–Kier alpha value is -3.98. The predicted molar refractivity (Wildman–Crippen MR) is 149 cm³/mol. The summed E-state index contributed by atoms with van der Waals surface area (Å²) in [4.78, 5) is 20.5. The topological polar surface area (TPSA) is 135 Å². The molecule has 1 aromatic heterocycles. The van der Waals surface area contributed by atoms with Crippen molar-refractivity contribution in [2.24, 2.45) is 5.41 Å². The van der Waals surface area contributed by atoms with Crippen molar-refractivity contribution in [1.82, 2.24) is 15.3 Å². The average Bonchev–Trinajstić information content (AvgIpc) is 2.90. The van der Waals surface area contributed by atoms with Crippen molar-refractivity contribution in [3.63, 3.8) is 0 Å². The molecule has 0 spiro atoms. The molecule has 2 heterocycles. The number of hydrogen-bond donors (Lipinski definition) is 4. The van der Waals surface area contributed by atoms with Gasteiger partial charge < -0.3 is 25.8 Å². The highest BCUT2D eigenvalue weighted by Crippen LogP contribution is 2.35. The Morgan fingerprint density at radius 3 is 2.53 bits per heavy atom. The number of aromatic nitrogens is 2. The SMILES string of the molecule is CCCC(=O)NCC1CC(C)(C)C(Nc2ncnc(N)c2C(=N)c2ccc(Oc3ccccc3)cc2)CO1. The van der Waals surface area contributed by atoms with Crippen molar-refractivity contribution in [2.45, 2.75) is 52.2 Å². The summed E-state index contributed by atoms with van der Waals surface area (Å²) in [6, 6.07) is 16.7. The van der Waals surface area contributed by atoms with Crippen LogP contribution in [0.3, 0.4) is 0 Å². The average molecular weight is 517 g/mol. The van der Waals surface area contributed by atoms with Crippen molar-refractivity contribution in [3.05, 3.63) is 72.1 Å². The monoisotopic (exact) mass is 516 g/mol. The highest BCUT2D eigenvalue weighted by atomic mass is 16.5. The van der Waals surface area contributed by atoms with Crippen LogP contribution in [0, 0.1) is 10.8 Å². The number of benzene rings is 2. The van der Waals surface area contributed by atoms with Crippen molar-refractivity contribution in [2.75, 3.05) is 24.2 Å². The van der Waals surface area contributed by atoms with E-state index in [1.54, 1.807) is 0 Å². The Morgan fingerprint density at radius 2 is 1.84 bits per heavy atom. The first kappa shape index (κ1) is 27.1. The maximum Gasteiger partial charge on any atom is 0.220 e. The number of rotatable bonds is 10. The number of nitrogens with zero attached hydrogens (tertiary/aromatic N) is 2. The lowest BCUT2D eigenvalue weighted by molar-refractivity contribution is -0.122. The van der Waals surface area contributed by atoms with Gasteiger partial charge in [-0.05, 0) is 54.7 Å². The van der Waals surface area contributed by atoms with Gasteiger partial charge in [-0.3, -0.25) is 10.2 Å². The van der Waals surface area contributed by atoms with E-state index in [1.165, 1.54) is 6.33 Å². The number of para-hydroxylation sites is 1. The maximum absolute atomic E-state index is 11.9. The molecular formula is C29H36N6O3. The van der Waals surface area contributed by atoms with Crippen LogP contribution in [0.25, 0.3) is 0 Å². The maximum atomic E-state index is 11.9. The van der Waals surface area contributed by atoms with E-state index in [9.17, 15) is 4.79 Å². The molecule has 38 heavy (non-hydrogen) atoms. The predicted octanol–water partition coefficient (Wildman–Crippen LogP) is 4.78. The van der Waals surface area contributed by atoms with E-state index in [0.717, 1.165) is 18.6 Å². The van der Waals surface area contributed by atoms with Crippen LogP contribution < -0.4 is 21.1 Å². The molecule has 9 nitrogen and oxygen atoms in total. The lowest BCUT2D eigenvalue weighted by Gasteiger charge is -2.43. The first-order chi connectivity index (χ1) is 18.3. The lowest BCUT2D eigenvalue weighted by atomic mass is 9.77. The van der Waals surface area contributed by atoms with Gasteiger partial charge in [0.2, 0.25) is 5.91 Å². The van der Waals surface area contributed by atoms with Crippen molar-refractivity contribution in [3.8, 4) is 11.5 Å². The smallest absolute Gasteiger partial charge is 0.220 e.